The van der Waals surface area contributed by atoms with Gasteiger partial charge in [0, 0.05) is 18.4 Å². The molecule has 0 heterocycles. The van der Waals surface area contributed by atoms with Gasteiger partial charge in [0.15, 0.2) is 5.78 Å². The number of Topliss-reactive ketones (excluding diaryl/α,β-unsaturated/α-hetero) is 1. The van der Waals surface area contributed by atoms with Gasteiger partial charge >= 0.3 is 0 Å². The van der Waals surface area contributed by atoms with Crippen LogP contribution in [0.4, 0.5) is 0 Å². The average molecular weight is 234 g/mol. The van der Waals surface area contributed by atoms with Gasteiger partial charge in [0.25, 0.3) is 0 Å². The van der Waals surface area contributed by atoms with E-state index in [1.165, 1.54) is 6.42 Å². The van der Waals surface area contributed by atoms with Crippen molar-refractivity contribution in [2.45, 2.75) is 39.5 Å². The molecular formula is C15H22O2. The second kappa shape index (κ2) is 3.23. The first-order chi connectivity index (χ1) is 7.93. The molecule has 1 N–H and O–H groups in total. The number of rotatable bonds is 1. The highest BCUT2D eigenvalue weighted by atomic mass is 16.3. The molecule has 2 bridgehead atoms. The van der Waals surface area contributed by atoms with Gasteiger partial charge in [0.05, 0.1) is 0 Å². The molecule has 0 spiro atoms. The van der Waals surface area contributed by atoms with Crippen molar-refractivity contribution in [3.63, 3.8) is 0 Å². The molecule has 3 aliphatic carbocycles. The van der Waals surface area contributed by atoms with Gasteiger partial charge in [0.2, 0.25) is 0 Å². The highest BCUT2D eigenvalue weighted by molar-refractivity contribution is 5.99. The summed E-state index contributed by atoms with van der Waals surface area (Å²) in [6.45, 7) is 8.96. The molecule has 1 unspecified atom stereocenters. The van der Waals surface area contributed by atoms with E-state index in [0.29, 0.717) is 23.7 Å². The van der Waals surface area contributed by atoms with Gasteiger partial charge in [-0.05, 0) is 48.0 Å². The van der Waals surface area contributed by atoms with Crippen molar-refractivity contribution in [1.29, 1.82) is 0 Å². The zero-order valence-corrected chi connectivity index (χ0v) is 10.8. The smallest absolute Gasteiger partial charge is 0.159 e. The Labute approximate surface area is 103 Å². The largest absolute Gasteiger partial charge is 0.396 e. The number of carbonyl (C=O) groups is 1. The molecule has 2 nitrogen and oxygen atoms in total. The van der Waals surface area contributed by atoms with E-state index in [-0.39, 0.29) is 23.7 Å². The summed E-state index contributed by atoms with van der Waals surface area (Å²) in [5.41, 5.74) is 1.08. The molecule has 3 aliphatic rings. The summed E-state index contributed by atoms with van der Waals surface area (Å²) >= 11 is 0. The van der Waals surface area contributed by atoms with Gasteiger partial charge in [-0.25, -0.2) is 0 Å². The second-order valence-electron chi connectivity index (χ2n) is 6.98. The monoisotopic (exact) mass is 234 g/mol. The summed E-state index contributed by atoms with van der Waals surface area (Å²) in [4.78, 5) is 12.0. The molecular weight excluding hydrogens is 212 g/mol. The van der Waals surface area contributed by atoms with Crippen LogP contribution in [-0.2, 0) is 4.79 Å². The van der Waals surface area contributed by atoms with E-state index in [1.807, 2.05) is 0 Å². The third-order valence-corrected chi connectivity index (χ3v) is 5.98. The molecule has 0 aromatic heterocycles. The molecule has 4 atom stereocenters. The Bertz CT molecular complexity index is 396. The summed E-state index contributed by atoms with van der Waals surface area (Å²) in [6.07, 6.45) is 3.97. The molecule has 2 heteroatoms. The summed E-state index contributed by atoms with van der Waals surface area (Å²) < 4.78 is 0. The molecule has 3 fully saturated rings. The lowest BCUT2D eigenvalue weighted by Gasteiger charge is -2.42. The third kappa shape index (κ3) is 1.17. The van der Waals surface area contributed by atoms with E-state index in [0.717, 1.165) is 18.4 Å². The summed E-state index contributed by atoms with van der Waals surface area (Å²) in [5.74, 6) is 1.64. The first-order valence-corrected chi connectivity index (χ1v) is 6.77. The Morgan fingerprint density at radius 3 is 2.71 bits per heavy atom. The van der Waals surface area contributed by atoms with E-state index in [1.54, 1.807) is 0 Å². The zero-order chi connectivity index (χ0) is 12.4. The topological polar surface area (TPSA) is 37.3 Å². The maximum absolute atomic E-state index is 12.0. The maximum atomic E-state index is 12.0. The Kier molecular flexibility index (Phi) is 2.17. The highest BCUT2D eigenvalue weighted by Crippen LogP contribution is 2.71. The van der Waals surface area contributed by atoms with Gasteiger partial charge in [-0.3, -0.25) is 4.79 Å². The molecule has 0 aromatic rings. The Morgan fingerprint density at radius 1 is 1.35 bits per heavy atom. The highest BCUT2D eigenvalue weighted by Gasteiger charge is 2.67. The molecule has 3 rings (SSSR count). The molecule has 3 saturated carbocycles. The normalized spacial score (nSPS) is 47.4. The number of carbonyl (C=O) groups excluding carboxylic acids is 1. The lowest BCUT2D eigenvalue weighted by atomic mass is 9.61. The number of hydrogen-bond donors (Lipinski definition) is 1. The van der Waals surface area contributed by atoms with Crippen LogP contribution in [0.3, 0.4) is 0 Å². The average Bonchev–Trinajstić information content (AvgIpc) is 2.58. The van der Waals surface area contributed by atoms with Gasteiger partial charge < -0.3 is 5.11 Å². The quantitative estimate of drug-likeness (QED) is 0.708. The first kappa shape index (κ1) is 11.5. The van der Waals surface area contributed by atoms with Crippen LogP contribution in [0.1, 0.15) is 39.5 Å². The maximum Gasteiger partial charge on any atom is 0.159 e. The fourth-order valence-electron chi connectivity index (χ4n) is 5.34. The number of allylic oxidation sites excluding steroid dienone is 1. The zero-order valence-electron chi connectivity index (χ0n) is 10.8. The number of aliphatic hydroxyl groups is 1. The van der Waals surface area contributed by atoms with Crippen molar-refractivity contribution < 1.29 is 9.90 Å². The van der Waals surface area contributed by atoms with Gasteiger partial charge in [-0.2, -0.15) is 0 Å². The lowest BCUT2D eigenvalue weighted by molar-refractivity contribution is -0.115. The fourth-order valence-corrected chi connectivity index (χ4v) is 5.34. The molecule has 0 radical (unpaired) electrons. The molecule has 0 aliphatic heterocycles. The Morgan fingerprint density at radius 2 is 2.06 bits per heavy atom. The molecule has 0 aromatic carbocycles. The van der Waals surface area contributed by atoms with E-state index in [2.05, 4.69) is 20.4 Å². The van der Waals surface area contributed by atoms with Crippen molar-refractivity contribution >= 4 is 5.78 Å². The van der Waals surface area contributed by atoms with Crippen molar-refractivity contribution in [3.05, 3.63) is 12.2 Å². The predicted octanol–water partition coefficient (Wildman–Crippen LogP) is 2.57. The molecule has 0 saturated heterocycles. The van der Waals surface area contributed by atoms with Crippen LogP contribution in [0, 0.1) is 28.6 Å². The Hall–Kier alpha value is -0.630. The van der Waals surface area contributed by atoms with Crippen LogP contribution < -0.4 is 0 Å². The van der Waals surface area contributed by atoms with Crippen LogP contribution in [0.5, 0.6) is 0 Å². The van der Waals surface area contributed by atoms with Crippen LogP contribution in [0.15, 0.2) is 12.2 Å². The van der Waals surface area contributed by atoms with Crippen LogP contribution in [0.2, 0.25) is 0 Å². The molecule has 94 valence electrons. The Balaban J connectivity index is 2.12. The van der Waals surface area contributed by atoms with Crippen molar-refractivity contribution in [1.82, 2.24) is 0 Å². The SMILES string of the molecule is C=C1C(=O)C[C@@H]2C3CC[C@@H](CO)[C@]12CC3(C)C. The van der Waals surface area contributed by atoms with E-state index in [4.69, 9.17) is 0 Å². The number of ketones is 1. The minimum absolute atomic E-state index is 0.0573. The van der Waals surface area contributed by atoms with E-state index in [9.17, 15) is 9.90 Å². The minimum Gasteiger partial charge on any atom is -0.396 e. The third-order valence-electron chi connectivity index (χ3n) is 5.98. The fraction of sp³-hybridized carbons (Fsp3) is 0.800. The summed E-state index contributed by atoms with van der Waals surface area (Å²) in [6, 6.07) is 0. The minimum atomic E-state index is -0.0573. The van der Waals surface area contributed by atoms with Gasteiger partial charge in [-0.1, -0.05) is 20.4 Å². The van der Waals surface area contributed by atoms with E-state index >= 15 is 0 Å². The summed E-state index contributed by atoms with van der Waals surface area (Å²) in [5, 5.41) is 9.67. The predicted molar refractivity (Wildman–Crippen MR) is 66.4 cm³/mol. The van der Waals surface area contributed by atoms with E-state index < -0.39 is 0 Å². The van der Waals surface area contributed by atoms with Gasteiger partial charge in [0.1, 0.15) is 0 Å². The van der Waals surface area contributed by atoms with Gasteiger partial charge in [-0.15, -0.1) is 0 Å². The van der Waals surface area contributed by atoms with Crippen LogP contribution >= 0.6 is 0 Å². The first-order valence-electron chi connectivity index (χ1n) is 6.77. The lowest BCUT2D eigenvalue weighted by Crippen LogP contribution is -2.39. The second-order valence-corrected chi connectivity index (χ2v) is 6.98. The number of hydrogen-bond acceptors (Lipinski definition) is 2. The molecule has 17 heavy (non-hydrogen) atoms. The van der Waals surface area contributed by atoms with Crippen LogP contribution in [-0.4, -0.2) is 17.5 Å². The van der Waals surface area contributed by atoms with Crippen molar-refractivity contribution in [2.75, 3.05) is 6.61 Å². The standard InChI is InChI=1S/C15H22O2/c1-9-13(17)6-12-11-5-4-10(7-16)15(9,12)8-14(11,2)3/h10-12,16H,1,4-8H2,2-3H3/t10-,11?,12+,15-/m0/s1. The van der Waals surface area contributed by atoms with Crippen molar-refractivity contribution in [3.8, 4) is 0 Å². The number of aliphatic hydroxyl groups excluding tert-OH is 1. The summed E-state index contributed by atoms with van der Waals surface area (Å²) in [7, 11) is 0. The van der Waals surface area contributed by atoms with Crippen molar-refractivity contribution in [2.24, 2.45) is 28.6 Å². The molecule has 0 amide bonds. The van der Waals surface area contributed by atoms with Crippen LogP contribution in [0.25, 0.3) is 0 Å².